The van der Waals surface area contributed by atoms with Crippen LogP contribution >= 0.6 is 0 Å². The van der Waals surface area contributed by atoms with Gasteiger partial charge in [-0.3, -0.25) is 9.69 Å². The lowest BCUT2D eigenvalue weighted by Crippen LogP contribution is -2.43. The van der Waals surface area contributed by atoms with Gasteiger partial charge >= 0.3 is 5.63 Å². The van der Waals surface area contributed by atoms with Crippen molar-refractivity contribution in [1.82, 2.24) is 0 Å². The number of ether oxygens (including phenoxy) is 2. The van der Waals surface area contributed by atoms with E-state index in [2.05, 4.69) is 0 Å². The van der Waals surface area contributed by atoms with Gasteiger partial charge < -0.3 is 13.9 Å². The third kappa shape index (κ3) is 3.75. The molecule has 1 unspecified atom stereocenters. The second-order valence-electron chi connectivity index (χ2n) is 7.21. The summed E-state index contributed by atoms with van der Waals surface area (Å²) in [5.41, 5.74) is 1.67. The lowest BCUT2D eigenvalue weighted by Gasteiger charge is -2.37. The Kier molecular flexibility index (Phi) is 4.88. The van der Waals surface area contributed by atoms with E-state index < -0.39 is 5.63 Å². The third-order valence-corrected chi connectivity index (χ3v) is 5.24. The number of fused-ring (bicyclic) bond motifs is 2. The third-order valence-electron chi connectivity index (χ3n) is 5.24. The number of anilines is 1. The van der Waals surface area contributed by atoms with Crippen molar-refractivity contribution in [3.8, 4) is 11.5 Å². The Balaban J connectivity index is 1.42. The number of benzene rings is 3. The summed E-state index contributed by atoms with van der Waals surface area (Å²) in [6, 6.07) is 25.2. The van der Waals surface area contributed by atoms with Crippen LogP contribution in [-0.4, -0.2) is 19.1 Å². The number of nitrogens with zero attached hydrogens (tertiary/aromatic N) is 1. The molecule has 1 atom stereocenters. The molecule has 154 valence electrons. The van der Waals surface area contributed by atoms with Gasteiger partial charge in [-0.1, -0.05) is 42.5 Å². The minimum atomic E-state index is -0.434. The molecule has 1 aromatic heterocycles. The van der Waals surface area contributed by atoms with Crippen LogP contribution < -0.4 is 20.0 Å². The molecule has 0 saturated carbocycles. The van der Waals surface area contributed by atoms with E-state index in [0.29, 0.717) is 29.4 Å². The molecular weight excluding hydrogens is 394 g/mol. The Morgan fingerprint density at radius 3 is 2.61 bits per heavy atom. The van der Waals surface area contributed by atoms with Gasteiger partial charge in [0.2, 0.25) is 0 Å². The van der Waals surface area contributed by atoms with E-state index in [1.807, 2.05) is 54.6 Å². The normalized spacial score (nSPS) is 15.2. The summed E-state index contributed by atoms with van der Waals surface area (Å²) >= 11 is 0. The summed E-state index contributed by atoms with van der Waals surface area (Å²) in [5.74, 6) is 0.919. The zero-order valence-corrected chi connectivity index (χ0v) is 16.6. The number of carbonyl (C=O) groups is 1. The number of hydrogen-bond donors (Lipinski definition) is 0. The second-order valence-corrected chi connectivity index (χ2v) is 7.21. The first-order valence-corrected chi connectivity index (χ1v) is 9.94. The number of amides is 1. The minimum absolute atomic E-state index is 0.166. The molecule has 3 aromatic carbocycles. The van der Waals surface area contributed by atoms with Crippen molar-refractivity contribution in [2.75, 3.05) is 18.1 Å². The van der Waals surface area contributed by atoms with E-state index in [-0.39, 0.29) is 18.6 Å². The van der Waals surface area contributed by atoms with Crippen LogP contribution in [-0.2, 0) is 4.79 Å². The van der Waals surface area contributed by atoms with Crippen LogP contribution in [0.5, 0.6) is 11.5 Å². The van der Waals surface area contributed by atoms with Gasteiger partial charge in [-0.25, -0.2) is 4.79 Å². The zero-order valence-electron chi connectivity index (χ0n) is 16.6. The van der Waals surface area contributed by atoms with Crippen molar-refractivity contribution in [3.63, 3.8) is 0 Å². The maximum atomic E-state index is 13.3. The van der Waals surface area contributed by atoms with Gasteiger partial charge in [0.05, 0.1) is 11.7 Å². The van der Waals surface area contributed by atoms with Crippen molar-refractivity contribution in [2.24, 2.45) is 0 Å². The summed E-state index contributed by atoms with van der Waals surface area (Å²) in [4.78, 5) is 26.5. The first-order chi connectivity index (χ1) is 15.2. The Morgan fingerprint density at radius 1 is 0.968 bits per heavy atom. The van der Waals surface area contributed by atoms with E-state index in [1.165, 1.54) is 6.07 Å². The molecule has 2 heterocycles. The highest BCUT2D eigenvalue weighted by molar-refractivity contribution is 5.97. The maximum absolute atomic E-state index is 13.3. The molecule has 6 nitrogen and oxygen atoms in total. The van der Waals surface area contributed by atoms with Crippen LogP contribution in [0, 0.1) is 0 Å². The Labute approximate surface area is 178 Å². The largest absolute Gasteiger partial charge is 0.489 e. The molecule has 1 amide bonds. The number of para-hydroxylation sites is 2. The molecule has 1 aliphatic heterocycles. The Bertz CT molecular complexity index is 1300. The molecule has 31 heavy (non-hydrogen) atoms. The topological polar surface area (TPSA) is 69.0 Å². The highest BCUT2D eigenvalue weighted by Crippen LogP contribution is 2.39. The summed E-state index contributed by atoms with van der Waals surface area (Å²) in [6.07, 6.45) is 0. The molecule has 0 spiro atoms. The van der Waals surface area contributed by atoms with Crippen LogP contribution in [0.4, 0.5) is 5.69 Å². The van der Waals surface area contributed by atoms with Gasteiger partial charge in [0.15, 0.2) is 6.61 Å². The summed E-state index contributed by atoms with van der Waals surface area (Å²) in [7, 11) is 0. The molecular formula is C25H19NO5. The maximum Gasteiger partial charge on any atom is 0.336 e. The van der Waals surface area contributed by atoms with E-state index in [4.69, 9.17) is 13.9 Å². The van der Waals surface area contributed by atoms with Gasteiger partial charge in [-0.2, -0.15) is 0 Å². The molecule has 6 heteroatoms. The average Bonchev–Trinajstić information content (AvgIpc) is 2.82. The van der Waals surface area contributed by atoms with Gasteiger partial charge in [0, 0.05) is 17.5 Å². The van der Waals surface area contributed by atoms with Crippen LogP contribution in [0.3, 0.4) is 0 Å². The van der Waals surface area contributed by atoms with E-state index >= 15 is 0 Å². The zero-order chi connectivity index (χ0) is 21.2. The number of hydrogen-bond acceptors (Lipinski definition) is 5. The quantitative estimate of drug-likeness (QED) is 0.466. The number of rotatable bonds is 4. The molecule has 0 aliphatic carbocycles. The smallest absolute Gasteiger partial charge is 0.336 e. The molecule has 1 aliphatic rings. The molecule has 0 radical (unpaired) electrons. The molecule has 0 bridgehead atoms. The van der Waals surface area contributed by atoms with Crippen LogP contribution in [0.1, 0.15) is 11.6 Å². The Hall–Kier alpha value is -4.06. The van der Waals surface area contributed by atoms with Crippen LogP contribution in [0.25, 0.3) is 11.0 Å². The van der Waals surface area contributed by atoms with E-state index in [1.54, 1.807) is 29.2 Å². The predicted molar refractivity (Wildman–Crippen MR) is 117 cm³/mol. The molecule has 0 N–H and O–H groups in total. The molecule has 5 rings (SSSR count). The minimum Gasteiger partial charge on any atom is -0.489 e. The summed E-state index contributed by atoms with van der Waals surface area (Å²) < 4.78 is 16.9. The van der Waals surface area contributed by atoms with Gasteiger partial charge in [-0.05, 0) is 35.9 Å². The van der Waals surface area contributed by atoms with Gasteiger partial charge in [0.25, 0.3) is 5.91 Å². The number of carbonyl (C=O) groups excluding carboxylic acids is 1. The van der Waals surface area contributed by atoms with Gasteiger partial charge in [0.1, 0.15) is 23.7 Å². The fourth-order valence-electron chi connectivity index (χ4n) is 3.76. The lowest BCUT2D eigenvalue weighted by molar-refractivity contribution is -0.121. The van der Waals surface area contributed by atoms with Crippen molar-refractivity contribution < 1.29 is 18.7 Å². The molecule has 4 aromatic rings. The fourth-order valence-corrected chi connectivity index (χ4v) is 3.76. The second kappa shape index (κ2) is 7.99. The van der Waals surface area contributed by atoms with Crippen molar-refractivity contribution in [3.05, 3.63) is 101 Å². The fraction of sp³-hybridized carbons (Fsp3) is 0.120. The summed E-state index contributed by atoms with van der Waals surface area (Å²) in [6.45, 7) is 0.189. The van der Waals surface area contributed by atoms with Crippen molar-refractivity contribution >= 4 is 22.6 Å². The lowest BCUT2D eigenvalue weighted by atomic mass is 10.0. The first kappa shape index (κ1) is 18.9. The summed E-state index contributed by atoms with van der Waals surface area (Å²) in [5, 5.41) is 0.782. The highest BCUT2D eigenvalue weighted by atomic mass is 16.5. The van der Waals surface area contributed by atoms with Gasteiger partial charge in [-0.15, -0.1) is 0 Å². The van der Waals surface area contributed by atoms with E-state index in [9.17, 15) is 9.59 Å². The van der Waals surface area contributed by atoms with Crippen LogP contribution in [0.15, 0.2) is 94.1 Å². The van der Waals surface area contributed by atoms with Crippen molar-refractivity contribution in [1.29, 1.82) is 0 Å². The van der Waals surface area contributed by atoms with Crippen molar-refractivity contribution in [2.45, 2.75) is 6.04 Å². The van der Waals surface area contributed by atoms with E-state index in [0.717, 1.165) is 10.9 Å². The molecule has 0 fully saturated rings. The SMILES string of the molecule is O=C(COc1ccc2ccc(=O)oc2c1)N1c2ccccc2OCC1c1ccccc1. The average molecular weight is 413 g/mol. The first-order valence-electron chi connectivity index (χ1n) is 9.94. The Morgan fingerprint density at radius 2 is 1.74 bits per heavy atom. The standard InChI is InChI=1S/C25H19NO5/c27-24(16-29-19-12-10-18-11-13-25(28)31-23(18)14-19)26-20-8-4-5-9-22(20)30-15-21(26)17-6-2-1-3-7-17/h1-14,21H,15-16H2. The monoisotopic (exact) mass is 413 g/mol. The highest BCUT2D eigenvalue weighted by Gasteiger charge is 2.33. The molecule has 0 saturated heterocycles. The predicted octanol–water partition coefficient (Wildman–Crippen LogP) is 4.34. The van der Waals surface area contributed by atoms with Crippen LogP contribution in [0.2, 0.25) is 0 Å².